The van der Waals surface area contributed by atoms with Gasteiger partial charge in [-0.3, -0.25) is 0 Å². The Bertz CT molecular complexity index is 708. The number of benzene rings is 1. The first-order valence-corrected chi connectivity index (χ1v) is 7.16. The highest BCUT2D eigenvalue weighted by atomic mass is 14.7. The van der Waals surface area contributed by atoms with E-state index in [0.717, 1.165) is 36.9 Å². The van der Waals surface area contributed by atoms with Gasteiger partial charge < -0.3 is 0 Å². The summed E-state index contributed by atoms with van der Waals surface area (Å²) in [4.78, 5) is 4.51. The number of nitriles is 1. The molecule has 0 saturated heterocycles. The molecule has 0 saturated carbocycles. The summed E-state index contributed by atoms with van der Waals surface area (Å²) in [5.74, 6) is 0. The molecular formula is C18H18N2. The molecule has 6 rings (SSSR count). The Balaban J connectivity index is 2.09. The molecule has 0 spiro atoms. The number of aryl methyl sites for hydroxylation is 4. The predicted molar refractivity (Wildman–Crippen MR) is 79.7 cm³/mol. The number of hydrogen-bond acceptors (Lipinski definition) is 2. The van der Waals surface area contributed by atoms with Gasteiger partial charge in [0.1, 0.15) is 11.8 Å². The number of pyridine rings is 1. The minimum absolute atomic E-state index is 0.604. The third-order valence-electron chi connectivity index (χ3n) is 4.47. The highest BCUT2D eigenvalue weighted by Crippen LogP contribution is 2.23. The van der Waals surface area contributed by atoms with E-state index < -0.39 is 0 Å². The fraction of sp³-hybridized carbons (Fsp3) is 0.333. The van der Waals surface area contributed by atoms with Crippen molar-refractivity contribution in [2.75, 3.05) is 0 Å². The van der Waals surface area contributed by atoms with Gasteiger partial charge in [-0.2, -0.15) is 5.26 Å². The third kappa shape index (κ3) is 2.20. The van der Waals surface area contributed by atoms with E-state index in [9.17, 15) is 5.26 Å². The zero-order valence-corrected chi connectivity index (χ0v) is 12.0. The maximum atomic E-state index is 9.26. The Hall–Kier alpha value is -2.14. The van der Waals surface area contributed by atoms with Gasteiger partial charge in [-0.05, 0) is 73.4 Å². The molecule has 0 unspecified atom stereocenters. The lowest BCUT2D eigenvalue weighted by atomic mass is 9.91. The van der Waals surface area contributed by atoms with Gasteiger partial charge in [-0.25, -0.2) is 4.98 Å². The van der Waals surface area contributed by atoms with Crippen LogP contribution >= 0.6 is 0 Å². The molecule has 3 heterocycles. The van der Waals surface area contributed by atoms with Crippen molar-refractivity contribution in [3.05, 3.63) is 63.5 Å². The van der Waals surface area contributed by atoms with E-state index in [4.69, 9.17) is 0 Å². The number of aromatic nitrogens is 1. The molecule has 2 heteroatoms. The predicted octanol–water partition coefficient (Wildman–Crippen LogP) is 3.45. The lowest BCUT2D eigenvalue weighted by molar-refractivity contribution is 0.861. The average Bonchev–Trinajstić information content (AvgIpc) is 2.46. The topological polar surface area (TPSA) is 36.7 Å². The van der Waals surface area contributed by atoms with Gasteiger partial charge in [0, 0.05) is 5.69 Å². The molecule has 1 aromatic heterocycles. The molecule has 4 aliphatic rings. The molecule has 2 nitrogen and oxygen atoms in total. The van der Waals surface area contributed by atoms with Crippen molar-refractivity contribution in [1.82, 2.24) is 4.98 Å². The fourth-order valence-corrected chi connectivity index (χ4v) is 2.97. The van der Waals surface area contributed by atoms with Crippen LogP contribution in [0.4, 0.5) is 0 Å². The summed E-state index contributed by atoms with van der Waals surface area (Å²) in [5, 5.41) is 9.26. The zero-order chi connectivity index (χ0) is 14.1. The van der Waals surface area contributed by atoms with E-state index in [1.165, 1.54) is 22.3 Å². The summed E-state index contributed by atoms with van der Waals surface area (Å²) < 4.78 is 0. The van der Waals surface area contributed by atoms with Crippen molar-refractivity contribution in [3.8, 4) is 6.07 Å². The van der Waals surface area contributed by atoms with Crippen LogP contribution in [0.3, 0.4) is 0 Å². The van der Waals surface area contributed by atoms with E-state index >= 15 is 0 Å². The Labute approximate surface area is 120 Å². The van der Waals surface area contributed by atoms with E-state index in [2.05, 4.69) is 49.2 Å². The first-order valence-electron chi connectivity index (χ1n) is 7.16. The van der Waals surface area contributed by atoms with E-state index in [1.54, 1.807) is 0 Å². The molecular weight excluding hydrogens is 244 g/mol. The van der Waals surface area contributed by atoms with Crippen LogP contribution in [-0.2, 0) is 25.7 Å². The standard InChI is InChI=1S/C18H18N2/c1-12-13(2)15-4-3-14(12)5-6-16-8-10-17(9-7-15)20-18(16)11-19/h3-4,8,10H,5-7,9H2,1-2H3. The number of hydrogen-bond donors (Lipinski definition) is 0. The minimum atomic E-state index is 0.604. The van der Waals surface area contributed by atoms with Crippen molar-refractivity contribution in [3.63, 3.8) is 0 Å². The van der Waals surface area contributed by atoms with Gasteiger partial charge in [0.05, 0.1) is 0 Å². The average molecular weight is 262 g/mol. The maximum absolute atomic E-state index is 9.26. The van der Waals surface area contributed by atoms with Crippen molar-refractivity contribution in [1.29, 1.82) is 5.26 Å². The molecule has 0 radical (unpaired) electrons. The quantitative estimate of drug-likeness (QED) is 0.729. The third-order valence-corrected chi connectivity index (χ3v) is 4.47. The summed E-state index contributed by atoms with van der Waals surface area (Å²) in [6.07, 6.45) is 3.75. The van der Waals surface area contributed by atoms with Crippen molar-refractivity contribution in [2.45, 2.75) is 39.5 Å². The maximum Gasteiger partial charge on any atom is 0.143 e. The summed E-state index contributed by atoms with van der Waals surface area (Å²) in [6.45, 7) is 4.43. The second-order valence-electron chi connectivity index (χ2n) is 5.56. The van der Waals surface area contributed by atoms with Crippen LogP contribution in [0.1, 0.15) is 39.2 Å². The lowest BCUT2D eigenvalue weighted by Crippen LogP contribution is -2.06. The lowest BCUT2D eigenvalue weighted by Gasteiger charge is -2.16. The first kappa shape index (κ1) is 12.9. The van der Waals surface area contributed by atoms with Crippen molar-refractivity contribution >= 4 is 0 Å². The molecule has 0 amide bonds. The smallest absolute Gasteiger partial charge is 0.143 e. The molecule has 1 aromatic carbocycles. The highest BCUT2D eigenvalue weighted by molar-refractivity contribution is 5.42. The number of rotatable bonds is 0. The first-order chi connectivity index (χ1) is 9.69. The van der Waals surface area contributed by atoms with E-state index in [1.807, 2.05) is 0 Å². The molecule has 0 fully saturated rings. The summed E-state index contributed by atoms with van der Waals surface area (Å²) >= 11 is 0. The zero-order valence-electron chi connectivity index (χ0n) is 12.0. The molecule has 0 N–H and O–H groups in total. The SMILES string of the molecule is Cc1c2ccc(c1C)CCc1ccc(nc1C#N)CC2. The van der Waals surface area contributed by atoms with Gasteiger partial charge in [0.25, 0.3) is 0 Å². The van der Waals surface area contributed by atoms with Crippen molar-refractivity contribution in [2.24, 2.45) is 0 Å². The summed E-state index contributed by atoms with van der Waals surface area (Å²) in [5.41, 5.74) is 8.30. The monoisotopic (exact) mass is 262 g/mol. The van der Waals surface area contributed by atoms with Gasteiger partial charge in [-0.1, -0.05) is 18.2 Å². The van der Waals surface area contributed by atoms with E-state index in [0.29, 0.717) is 5.69 Å². The van der Waals surface area contributed by atoms with Crippen LogP contribution in [0.5, 0.6) is 0 Å². The van der Waals surface area contributed by atoms with Crippen LogP contribution in [-0.4, -0.2) is 4.98 Å². The van der Waals surface area contributed by atoms with Gasteiger partial charge in [0.15, 0.2) is 0 Å². The van der Waals surface area contributed by atoms with Crippen molar-refractivity contribution < 1.29 is 0 Å². The molecule has 2 aliphatic carbocycles. The molecule has 2 aromatic rings. The van der Waals surface area contributed by atoms with Gasteiger partial charge in [0.2, 0.25) is 0 Å². The van der Waals surface area contributed by atoms with Crippen LogP contribution in [0.25, 0.3) is 0 Å². The fourth-order valence-electron chi connectivity index (χ4n) is 2.97. The Morgan fingerprint density at radius 1 is 0.850 bits per heavy atom. The van der Waals surface area contributed by atoms with Gasteiger partial charge in [-0.15, -0.1) is 0 Å². The number of nitrogens with zero attached hydrogens (tertiary/aromatic N) is 2. The van der Waals surface area contributed by atoms with Gasteiger partial charge >= 0.3 is 0 Å². The van der Waals surface area contributed by atoms with Crippen LogP contribution < -0.4 is 0 Å². The molecule has 2 aliphatic heterocycles. The van der Waals surface area contributed by atoms with Crippen LogP contribution in [0.15, 0.2) is 24.3 Å². The second-order valence-corrected chi connectivity index (χ2v) is 5.56. The molecule has 0 atom stereocenters. The van der Waals surface area contributed by atoms with Crippen LogP contribution in [0.2, 0.25) is 0 Å². The van der Waals surface area contributed by atoms with Crippen LogP contribution in [0, 0.1) is 25.2 Å². The molecule has 100 valence electrons. The highest BCUT2D eigenvalue weighted by Gasteiger charge is 2.12. The second kappa shape index (κ2) is 5.09. The summed E-state index contributed by atoms with van der Waals surface area (Å²) in [7, 11) is 0. The van der Waals surface area contributed by atoms with E-state index in [-0.39, 0.29) is 0 Å². The largest absolute Gasteiger partial charge is 0.242 e. The molecule has 20 heavy (non-hydrogen) atoms. The Kier molecular flexibility index (Phi) is 3.28. The Morgan fingerprint density at radius 2 is 1.40 bits per heavy atom. The molecule has 4 bridgehead atoms. The minimum Gasteiger partial charge on any atom is -0.242 e. The summed E-state index contributed by atoms with van der Waals surface area (Å²) in [6, 6.07) is 10.9. The normalized spacial score (nSPS) is 13.7. The Morgan fingerprint density at radius 3 is 2.05 bits per heavy atom.